The molecule has 394 valence electrons. The smallest absolute Gasteiger partial charge is 0.306 e. The van der Waals surface area contributed by atoms with E-state index in [4.69, 9.17) is 14.2 Å². The van der Waals surface area contributed by atoms with Gasteiger partial charge in [-0.25, -0.2) is 0 Å². The van der Waals surface area contributed by atoms with Crippen LogP contribution in [0.1, 0.15) is 329 Å². The van der Waals surface area contributed by atoms with Crippen LogP contribution in [0, 0.1) is 0 Å². The van der Waals surface area contributed by atoms with Crippen molar-refractivity contribution in [1.82, 2.24) is 0 Å². The second kappa shape index (κ2) is 56.5. The number of carbonyl (C=O) groups excluding carboxylic acids is 3. The van der Waals surface area contributed by atoms with Crippen molar-refractivity contribution >= 4 is 17.9 Å². The van der Waals surface area contributed by atoms with Crippen LogP contribution in [-0.4, -0.2) is 37.2 Å². The number of rotatable bonds is 55. The summed E-state index contributed by atoms with van der Waals surface area (Å²) in [5, 5.41) is 0. The lowest BCUT2D eigenvalue weighted by atomic mass is 10.0. The van der Waals surface area contributed by atoms with Gasteiger partial charge in [-0.3, -0.25) is 14.4 Å². The molecule has 0 aromatic carbocycles. The molecule has 0 aromatic heterocycles. The number of unbranched alkanes of at least 4 members (excludes halogenated alkanes) is 40. The SMILES string of the molecule is CCCCC/C=C\C/C=C\CCCCCCCC(=O)OC(COC(=O)CCCCCCC)COC(=O)CCCCCCCCCCCCCCCCCCCCCCCCCCCCCCC. The molecule has 0 saturated carbocycles. The minimum atomic E-state index is -0.771. The average molecular weight is 944 g/mol. The molecule has 0 aliphatic carbocycles. The van der Waals surface area contributed by atoms with E-state index in [-0.39, 0.29) is 31.1 Å². The molecule has 0 amide bonds. The quantitative estimate of drug-likeness (QED) is 0.0262. The summed E-state index contributed by atoms with van der Waals surface area (Å²) in [4.78, 5) is 37.7. The Bertz CT molecular complexity index is 1080. The van der Waals surface area contributed by atoms with Crippen LogP contribution in [0.5, 0.6) is 0 Å². The lowest BCUT2D eigenvalue weighted by Gasteiger charge is -2.18. The third-order valence-electron chi connectivity index (χ3n) is 13.5. The zero-order chi connectivity index (χ0) is 48.6. The van der Waals surface area contributed by atoms with Crippen LogP contribution in [0.25, 0.3) is 0 Å². The van der Waals surface area contributed by atoms with E-state index in [1.54, 1.807) is 0 Å². The van der Waals surface area contributed by atoms with E-state index in [0.29, 0.717) is 19.3 Å². The maximum absolute atomic E-state index is 12.7. The van der Waals surface area contributed by atoms with Crippen LogP contribution >= 0.6 is 0 Å². The first-order chi connectivity index (χ1) is 33.0. The van der Waals surface area contributed by atoms with E-state index in [9.17, 15) is 14.4 Å². The van der Waals surface area contributed by atoms with E-state index in [2.05, 4.69) is 45.1 Å². The summed E-state index contributed by atoms with van der Waals surface area (Å²) in [7, 11) is 0. The van der Waals surface area contributed by atoms with Gasteiger partial charge in [0, 0.05) is 19.3 Å². The molecule has 0 radical (unpaired) electrons. The molecule has 0 aliphatic heterocycles. The lowest BCUT2D eigenvalue weighted by Crippen LogP contribution is -2.30. The Morgan fingerprint density at radius 2 is 0.537 bits per heavy atom. The second-order valence-corrected chi connectivity index (χ2v) is 20.3. The lowest BCUT2D eigenvalue weighted by molar-refractivity contribution is -0.167. The molecule has 6 heteroatoms. The molecule has 0 aliphatic rings. The molecular weight excluding hydrogens is 829 g/mol. The summed E-state index contributed by atoms with van der Waals surface area (Å²) in [6.45, 7) is 6.56. The van der Waals surface area contributed by atoms with Gasteiger partial charge in [0.15, 0.2) is 6.10 Å². The molecule has 0 fully saturated rings. The molecule has 1 unspecified atom stereocenters. The van der Waals surface area contributed by atoms with Crippen molar-refractivity contribution in [3.63, 3.8) is 0 Å². The van der Waals surface area contributed by atoms with Gasteiger partial charge in [0.05, 0.1) is 0 Å². The van der Waals surface area contributed by atoms with Crippen LogP contribution in [0.2, 0.25) is 0 Å². The molecule has 0 rings (SSSR count). The fourth-order valence-electron chi connectivity index (χ4n) is 8.95. The Hall–Kier alpha value is -2.11. The number of carbonyl (C=O) groups is 3. The summed E-state index contributed by atoms with van der Waals surface area (Å²) in [6.07, 6.45) is 66.7. The van der Waals surface area contributed by atoms with Gasteiger partial charge in [0.25, 0.3) is 0 Å². The molecular formula is C61H114O6. The zero-order valence-corrected chi connectivity index (χ0v) is 45.2. The van der Waals surface area contributed by atoms with Crippen molar-refractivity contribution in [1.29, 1.82) is 0 Å². The molecule has 67 heavy (non-hydrogen) atoms. The number of esters is 3. The summed E-state index contributed by atoms with van der Waals surface area (Å²) >= 11 is 0. The molecule has 1 atom stereocenters. The van der Waals surface area contributed by atoms with Gasteiger partial charge in [0.2, 0.25) is 0 Å². The van der Waals surface area contributed by atoms with E-state index in [0.717, 1.165) is 89.9 Å². The Kier molecular flexibility index (Phi) is 54.7. The Balaban J connectivity index is 3.93. The molecule has 6 nitrogen and oxygen atoms in total. The number of hydrogen-bond acceptors (Lipinski definition) is 6. The fourth-order valence-corrected chi connectivity index (χ4v) is 8.95. The standard InChI is InChI=1S/C61H114O6/c1-4-7-10-13-15-17-19-21-23-24-25-26-27-28-29-30-31-32-33-34-35-36-38-39-41-43-45-48-51-54-60(63)66-57-58(56-65-59(62)53-50-47-12-9-6-3)67-61(64)55-52-49-46-44-42-40-37-22-20-18-16-14-11-8-5-2/h16,18,22,37,58H,4-15,17,19-21,23-36,38-57H2,1-3H3/b18-16-,37-22-. The zero-order valence-electron chi connectivity index (χ0n) is 45.2. The first-order valence-corrected chi connectivity index (χ1v) is 29.8. The third kappa shape index (κ3) is 54.7. The van der Waals surface area contributed by atoms with Crippen molar-refractivity contribution in [3.05, 3.63) is 24.3 Å². The number of hydrogen-bond donors (Lipinski definition) is 0. The first-order valence-electron chi connectivity index (χ1n) is 29.8. The van der Waals surface area contributed by atoms with Crippen LogP contribution in [0.15, 0.2) is 24.3 Å². The van der Waals surface area contributed by atoms with Crippen molar-refractivity contribution in [2.45, 2.75) is 335 Å². The second-order valence-electron chi connectivity index (χ2n) is 20.3. The molecule has 0 N–H and O–H groups in total. The average Bonchev–Trinajstić information content (AvgIpc) is 3.33. The van der Waals surface area contributed by atoms with Gasteiger partial charge < -0.3 is 14.2 Å². The van der Waals surface area contributed by atoms with Gasteiger partial charge >= 0.3 is 17.9 Å². The van der Waals surface area contributed by atoms with E-state index >= 15 is 0 Å². The predicted molar refractivity (Wildman–Crippen MR) is 289 cm³/mol. The highest BCUT2D eigenvalue weighted by atomic mass is 16.6. The van der Waals surface area contributed by atoms with Crippen LogP contribution in [-0.2, 0) is 28.6 Å². The van der Waals surface area contributed by atoms with E-state index in [1.165, 1.54) is 199 Å². The highest BCUT2D eigenvalue weighted by Crippen LogP contribution is 2.18. The summed E-state index contributed by atoms with van der Waals surface area (Å²) in [5.74, 6) is -0.885. The van der Waals surface area contributed by atoms with Gasteiger partial charge in [-0.2, -0.15) is 0 Å². The van der Waals surface area contributed by atoms with Crippen molar-refractivity contribution in [3.8, 4) is 0 Å². The summed E-state index contributed by atoms with van der Waals surface area (Å²) in [6, 6.07) is 0. The third-order valence-corrected chi connectivity index (χ3v) is 13.5. The Labute approximate surface area is 417 Å². The van der Waals surface area contributed by atoms with Crippen molar-refractivity contribution < 1.29 is 28.6 Å². The van der Waals surface area contributed by atoms with Crippen LogP contribution < -0.4 is 0 Å². The van der Waals surface area contributed by atoms with E-state index < -0.39 is 6.10 Å². The highest BCUT2D eigenvalue weighted by Gasteiger charge is 2.19. The Morgan fingerprint density at radius 3 is 0.851 bits per heavy atom. The number of ether oxygens (including phenoxy) is 3. The molecule has 0 spiro atoms. The highest BCUT2D eigenvalue weighted by molar-refractivity contribution is 5.71. The monoisotopic (exact) mass is 943 g/mol. The maximum atomic E-state index is 12.7. The molecule has 0 bridgehead atoms. The van der Waals surface area contributed by atoms with E-state index in [1.807, 2.05) is 0 Å². The van der Waals surface area contributed by atoms with Gasteiger partial charge in [0.1, 0.15) is 13.2 Å². The molecule has 0 saturated heterocycles. The predicted octanol–water partition coefficient (Wildman–Crippen LogP) is 19.9. The maximum Gasteiger partial charge on any atom is 0.306 e. The van der Waals surface area contributed by atoms with Crippen LogP contribution in [0.3, 0.4) is 0 Å². The summed E-state index contributed by atoms with van der Waals surface area (Å²) < 4.78 is 16.7. The topological polar surface area (TPSA) is 78.9 Å². The van der Waals surface area contributed by atoms with Crippen LogP contribution in [0.4, 0.5) is 0 Å². The minimum Gasteiger partial charge on any atom is -0.462 e. The first kappa shape index (κ1) is 64.9. The van der Waals surface area contributed by atoms with Gasteiger partial charge in [-0.1, -0.05) is 283 Å². The summed E-state index contributed by atoms with van der Waals surface area (Å²) in [5.41, 5.74) is 0. The fraction of sp³-hybridized carbons (Fsp3) is 0.885. The number of allylic oxidation sites excluding steroid dienone is 4. The normalized spacial score (nSPS) is 12.1. The Morgan fingerprint density at radius 1 is 0.299 bits per heavy atom. The van der Waals surface area contributed by atoms with Gasteiger partial charge in [-0.15, -0.1) is 0 Å². The largest absolute Gasteiger partial charge is 0.462 e. The van der Waals surface area contributed by atoms with Crippen molar-refractivity contribution in [2.75, 3.05) is 13.2 Å². The molecule has 0 heterocycles. The van der Waals surface area contributed by atoms with Gasteiger partial charge in [-0.05, 0) is 51.4 Å². The van der Waals surface area contributed by atoms with Crippen molar-refractivity contribution in [2.24, 2.45) is 0 Å². The molecule has 0 aromatic rings. The minimum absolute atomic E-state index is 0.0733.